The van der Waals surface area contributed by atoms with Gasteiger partial charge in [0.25, 0.3) is 0 Å². The van der Waals surface area contributed by atoms with E-state index in [1.54, 1.807) is 13.8 Å². The minimum Gasteiger partial charge on any atom is -0.318 e. The lowest BCUT2D eigenvalue weighted by Crippen LogP contribution is -2.45. The van der Waals surface area contributed by atoms with Gasteiger partial charge in [0.05, 0.1) is 11.2 Å². The molecule has 0 fully saturated rings. The number of carbonyl (C=O) groups is 1. The molecule has 1 aromatic heterocycles. The topological polar surface area (TPSA) is 68.0 Å². The van der Waals surface area contributed by atoms with Crippen LogP contribution in [0.25, 0.3) is 0 Å². The summed E-state index contributed by atoms with van der Waals surface area (Å²) in [6, 6.07) is 0. The van der Waals surface area contributed by atoms with Gasteiger partial charge in [0.15, 0.2) is 5.13 Å². The summed E-state index contributed by atoms with van der Waals surface area (Å²) in [5.74, 6) is 0.157. The summed E-state index contributed by atoms with van der Waals surface area (Å²) >= 11 is 1.42. The third-order valence-corrected chi connectivity index (χ3v) is 2.70. The first-order chi connectivity index (χ1) is 6.80. The van der Waals surface area contributed by atoms with Gasteiger partial charge in [0.2, 0.25) is 5.91 Å². The Balaban J connectivity index is 0.00000225. The Morgan fingerprint density at radius 3 is 2.50 bits per heavy atom. The number of nitrogens with two attached hydrogens (primary N) is 1. The van der Waals surface area contributed by atoms with Crippen LogP contribution in [-0.2, 0) is 4.79 Å². The number of rotatable bonds is 3. The highest BCUT2D eigenvalue weighted by atomic mass is 35.5. The van der Waals surface area contributed by atoms with E-state index in [2.05, 4.69) is 24.1 Å². The fourth-order valence-corrected chi connectivity index (χ4v) is 1.73. The van der Waals surface area contributed by atoms with E-state index >= 15 is 0 Å². The number of halogens is 1. The molecule has 0 saturated carbocycles. The van der Waals surface area contributed by atoms with Crippen molar-refractivity contribution in [3.05, 3.63) is 11.1 Å². The zero-order valence-electron chi connectivity index (χ0n) is 9.90. The molecule has 1 aromatic rings. The van der Waals surface area contributed by atoms with Crippen LogP contribution in [0.4, 0.5) is 5.13 Å². The zero-order valence-corrected chi connectivity index (χ0v) is 11.5. The molecule has 92 valence electrons. The normalized spacial score (nSPS) is 11.1. The molecule has 1 heterocycles. The van der Waals surface area contributed by atoms with Crippen molar-refractivity contribution >= 4 is 34.8 Å². The zero-order chi connectivity index (χ0) is 11.6. The van der Waals surface area contributed by atoms with Gasteiger partial charge in [-0.25, -0.2) is 4.98 Å². The van der Waals surface area contributed by atoms with Crippen LogP contribution in [0.1, 0.15) is 39.3 Å². The molecule has 16 heavy (non-hydrogen) atoms. The third-order valence-electron chi connectivity index (χ3n) is 1.92. The number of amides is 1. The van der Waals surface area contributed by atoms with E-state index in [1.165, 1.54) is 11.3 Å². The Morgan fingerprint density at radius 2 is 2.12 bits per heavy atom. The Bertz CT molecular complexity index is 357. The smallest absolute Gasteiger partial charge is 0.245 e. The molecule has 1 amide bonds. The molecule has 3 N–H and O–H groups in total. The number of hydrogen-bond donors (Lipinski definition) is 2. The number of thiazole rings is 1. The molecule has 0 spiro atoms. The lowest BCUT2D eigenvalue weighted by atomic mass is 10.1. The van der Waals surface area contributed by atoms with Crippen molar-refractivity contribution in [2.24, 2.45) is 5.73 Å². The van der Waals surface area contributed by atoms with Crippen molar-refractivity contribution in [3.8, 4) is 0 Å². The van der Waals surface area contributed by atoms with E-state index in [0.717, 1.165) is 5.69 Å². The van der Waals surface area contributed by atoms with Crippen molar-refractivity contribution in [1.82, 2.24) is 4.98 Å². The second-order valence-corrected chi connectivity index (χ2v) is 5.27. The van der Waals surface area contributed by atoms with Crippen LogP contribution in [0.5, 0.6) is 0 Å². The summed E-state index contributed by atoms with van der Waals surface area (Å²) in [5.41, 5.74) is 5.78. The number of carbonyl (C=O) groups excluding carboxylic acids is 1. The summed E-state index contributed by atoms with van der Waals surface area (Å²) < 4.78 is 0. The van der Waals surface area contributed by atoms with E-state index in [0.29, 0.717) is 11.0 Å². The number of nitrogens with one attached hydrogen (secondary N) is 1. The predicted molar refractivity (Wildman–Crippen MR) is 70.3 cm³/mol. The van der Waals surface area contributed by atoms with Gasteiger partial charge >= 0.3 is 0 Å². The second kappa shape index (κ2) is 5.61. The number of aromatic nitrogens is 1. The van der Waals surface area contributed by atoms with Crippen LogP contribution in [0.3, 0.4) is 0 Å². The highest BCUT2D eigenvalue weighted by Crippen LogP contribution is 2.21. The predicted octanol–water partition coefficient (Wildman–Crippen LogP) is 2.36. The maximum absolute atomic E-state index is 11.5. The summed E-state index contributed by atoms with van der Waals surface area (Å²) in [4.78, 5) is 15.8. The molecule has 0 aliphatic rings. The van der Waals surface area contributed by atoms with Gasteiger partial charge in [0.1, 0.15) is 0 Å². The summed E-state index contributed by atoms with van der Waals surface area (Å²) in [6.45, 7) is 7.46. The highest BCUT2D eigenvalue weighted by molar-refractivity contribution is 7.13. The first-order valence-corrected chi connectivity index (χ1v) is 5.74. The van der Waals surface area contributed by atoms with Gasteiger partial charge in [-0.05, 0) is 19.8 Å². The van der Waals surface area contributed by atoms with Crippen molar-refractivity contribution in [2.75, 3.05) is 5.32 Å². The summed E-state index contributed by atoms with van der Waals surface area (Å²) in [5, 5.41) is 5.26. The van der Waals surface area contributed by atoms with E-state index in [4.69, 9.17) is 5.73 Å². The fraction of sp³-hybridized carbons (Fsp3) is 0.600. The molecule has 0 atom stereocenters. The molecule has 0 radical (unpaired) electrons. The Labute approximate surface area is 106 Å². The molecule has 1 rings (SSSR count). The van der Waals surface area contributed by atoms with Crippen molar-refractivity contribution < 1.29 is 4.79 Å². The average molecular weight is 264 g/mol. The van der Waals surface area contributed by atoms with E-state index < -0.39 is 5.54 Å². The monoisotopic (exact) mass is 263 g/mol. The standard InChI is InChI=1S/C10H17N3OS.ClH/c1-6(2)7-5-15-9(12-7)13-8(14)10(3,4)11;/h5-6H,11H2,1-4H3,(H,12,13,14);1H. The molecule has 0 aliphatic heterocycles. The van der Waals surface area contributed by atoms with Crippen LogP contribution < -0.4 is 11.1 Å². The Hall–Kier alpha value is -0.650. The minimum absolute atomic E-state index is 0. The van der Waals surface area contributed by atoms with Gasteiger partial charge < -0.3 is 11.1 Å². The number of nitrogens with zero attached hydrogens (tertiary/aromatic N) is 1. The Morgan fingerprint density at radius 1 is 1.56 bits per heavy atom. The number of anilines is 1. The maximum atomic E-state index is 11.5. The molecule has 4 nitrogen and oxygen atoms in total. The van der Waals surface area contributed by atoms with Crippen LogP contribution in [0.2, 0.25) is 0 Å². The lowest BCUT2D eigenvalue weighted by molar-refractivity contribution is -0.120. The van der Waals surface area contributed by atoms with E-state index in [9.17, 15) is 4.79 Å². The molecule has 0 unspecified atom stereocenters. The van der Waals surface area contributed by atoms with Gasteiger partial charge in [-0.15, -0.1) is 23.7 Å². The molecule has 0 aromatic carbocycles. The van der Waals surface area contributed by atoms with Gasteiger partial charge in [-0.3, -0.25) is 4.79 Å². The van der Waals surface area contributed by atoms with Gasteiger partial charge in [0, 0.05) is 5.38 Å². The van der Waals surface area contributed by atoms with Crippen LogP contribution >= 0.6 is 23.7 Å². The molecular formula is C10H18ClN3OS. The van der Waals surface area contributed by atoms with Crippen LogP contribution in [-0.4, -0.2) is 16.4 Å². The van der Waals surface area contributed by atoms with Gasteiger partial charge in [-0.2, -0.15) is 0 Å². The maximum Gasteiger partial charge on any atom is 0.245 e. The molecule has 6 heteroatoms. The average Bonchev–Trinajstić information content (AvgIpc) is 2.50. The van der Waals surface area contributed by atoms with Crippen molar-refractivity contribution in [1.29, 1.82) is 0 Å². The largest absolute Gasteiger partial charge is 0.318 e. The SMILES string of the molecule is CC(C)c1csc(NC(=O)C(C)(C)N)n1.Cl. The van der Waals surface area contributed by atoms with Crippen LogP contribution in [0, 0.1) is 0 Å². The number of hydrogen-bond acceptors (Lipinski definition) is 4. The second-order valence-electron chi connectivity index (χ2n) is 4.41. The summed E-state index contributed by atoms with van der Waals surface area (Å²) in [6.07, 6.45) is 0. The first kappa shape index (κ1) is 15.3. The highest BCUT2D eigenvalue weighted by Gasteiger charge is 2.22. The van der Waals surface area contributed by atoms with Crippen LogP contribution in [0.15, 0.2) is 5.38 Å². The summed E-state index contributed by atoms with van der Waals surface area (Å²) in [7, 11) is 0. The first-order valence-electron chi connectivity index (χ1n) is 4.86. The lowest BCUT2D eigenvalue weighted by Gasteiger charge is -2.16. The fourth-order valence-electron chi connectivity index (χ4n) is 0.867. The minimum atomic E-state index is -0.871. The van der Waals surface area contributed by atoms with Gasteiger partial charge in [-0.1, -0.05) is 13.8 Å². The molecule has 0 aliphatic carbocycles. The van der Waals surface area contributed by atoms with Crippen molar-refractivity contribution in [3.63, 3.8) is 0 Å². The van der Waals surface area contributed by atoms with E-state index in [-0.39, 0.29) is 18.3 Å². The quantitative estimate of drug-likeness (QED) is 0.880. The molecular weight excluding hydrogens is 246 g/mol. The van der Waals surface area contributed by atoms with Crippen molar-refractivity contribution in [2.45, 2.75) is 39.2 Å². The third kappa shape index (κ3) is 4.08. The Kier molecular flexibility index (Phi) is 5.38. The molecule has 0 saturated heterocycles. The van der Waals surface area contributed by atoms with E-state index in [1.807, 2.05) is 5.38 Å². The molecule has 0 bridgehead atoms.